The van der Waals surface area contributed by atoms with Crippen molar-refractivity contribution in [1.29, 1.82) is 0 Å². The van der Waals surface area contributed by atoms with Crippen molar-refractivity contribution in [2.45, 2.75) is 45.6 Å². The lowest BCUT2D eigenvalue weighted by molar-refractivity contribution is 0.160. The average molecular weight is 265 g/mol. The zero-order valence-corrected chi connectivity index (χ0v) is 12.9. The Labute approximate surface area is 116 Å². The number of ether oxygens (including phenoxy) is 1. The van der Waals surface area contributed by atoms with Gasteiger partial charge in [-0.25, -0.2) is 0 Å². The largest absolute Gasteiger partial charge is 0.493 e. The molecular formula is C15H27N3O. The summed E-state index contributed by atoms with van der Waals surface area (Å²) in [5.74, 6) is 1.56. The first-order valence-corrected chi connectivity index (χ1v) is 7.21. The van der Waals surface area contributed by atoms with Crippen molar-refractivity contribution in [2.24, 2.45) is 18.4 Å². The highest BCUT2D eigenvalue weighted by atomic mass is 16.5. The van der Waals surface area contributed by atoms with Crippen LogP contribution in [0.4, 0.5) is 0 Å². The van der Waals surface area contributed by atoms with Crippen LogP contribution < -0.4 is 10.1 Å². The molecule has 1 saturated carbocycles. The van der Waals surface area contributed by atoms with Crippen molar-refractivity contribution < 1.29 is 4.74 Å². The van der Waals surface area contributed by atoms with E-state index in [1.165, 1.54) is 31.4 Å². The second kappa shape index (κ2) is 5.53. The first-order valence-electron chi connectivity index (χ1n) is 7.21. The molecule has 1 aliphatic rings. The normalized spacial score (nSPS) is 21.3. The molecular weight excluding hydrogens is 238 g/mol. The van der Waals surface area contributed by atoms with Crippen molar-refractivity contribution in [3.8, 4) is 5.75 Å². The van der Waals surface area contributed by atoms with Crippen LogP contribution in [0.5, 0.6) is 5.75 Å². The summed E-state index contributed by atoms with van der Waals surface area (Å²) in [5.41, 5.74) is 1.68. The quantitative estimate of drug-likeness (QED) is 0.910. The Morgan fingerprint density at radius 3 is 2.58 bits per heavy atom. The maximum atomic E-state index is 5.46. The SMILES string of the molecule is CNC(c1c(OC)cnn1C)C1CCC(C)(C)CC1. The minimum absolute atomic E-state index is 0.332. The number of rotatable bonds is 4. The standard InChI is InChI=1S/C15H27N3O/c1-15(2)8-6-11(7-9-15)13(16-3)14-12(19-5)10-17-18(14)4/h10-11,13,16H,6-9H2,1-5H3. The summed E-state index contributed by atoms with van der Waals surface area (Å²) in [7, 11) is 5.75. The second-order valence-corrected chi connectivity index (χ2v) is 6.49. The Morgan fingerprint density at radius 1 is 1.42 bits per heavy atom. The van der Waals surface area contributed by atoms with Gasteiger partial charge in [-0.05, 0) is 44.1 Å². The number of hydrogen-bond donors (Lipinski definition) is 1. The van der Waals surface area contributed by atoms with Crippen LogP contribution in [0, 0.1) is 11.3 Å². The maximum absolute atomic E-state index is 5.46. The summed E-state index contributed by atoms with van der Waals surface area (Å²) in [5, 5.41) is 7.81. The third-order valence-corrected chi connectivity index (χ3v) is 4.63. The highest BCUT2D eigenvalue weighted by molar-refractivity contribution is 5.28. The highest BCUT2D eigenvalue weighted by Crippen LogP contribution is 2.43. The van der Waals surface area contributed by atoms with E-state index in [4.69, 9.17) is 4.74 Å². The Balaban J connectivity index is 2.18. The zero-order valence-electron chi connectivity index (χ0n) is 12.9. The fraction of sp³-hybridized carbons (Fsp3) is 0.800. The van der Waals surface area contributed by atoms with E-state index in [-0.39, 0.29) is 0 Å². The van der Waals surface area contributed by atoms with E-state index in [0.29, 0.717) is 17.4 Å². The van der Waals surface area contributed by atoms with E-state index in [2.05, 4.69) is 24.3 Å². The molecule has 2 rings (SSSR count). The van der Waals surface area contributed by atoms with Crippen LogP contribution in [0.25, 0.3) is 0 Å². The van der Waals surface area contributed by atoms with Crippen LogP contribution in [0.1, 0.15) is 51.3 Å². The van der Waals surface area contributed by atoms with Crippen LogP contribution in [0.15, 0.2) is 6.20 Å². The third-order valence-electron chi connectivity index (χ3n) is 4.63. The van der Waals surface area contributed by atoms with Gasteiger partial charge in [0.25, 0.3) is 0 Å². The molecule has 4 heteroatoms. The van der Waals surface area contributed by atoms with Gasteiger partial charge in [0.2, 0.25) is 0 Å². The molecule has 0 saturated heterocycles. The fourth-order valence-corrected chi connectivity index (χ4v) is 3.29. The highest BCUT2D eigenvalue weighted by Gasteiger charge is 2.33. The minimum atomic E-state index is 0.332. The molecule has 0 bridgehead atoms. The molecule has 0 aliphatic heterocycles. The lowest BCUT2D eigenvalue weighted by Gasteiger charge is -2.38. The second-order valence-electron chi connectivity index (χ2n) is 6.49. The van der Waals surface area contributed by atoms with Crippen LogP contribution in [0.2, 0.25) is 0 Å². The van der Waals surface area contributed by atoms with Crippen molar-refractivity contribution >= 4 is 0 Å². The van der Waals surface area contributed by atoms with Crippen molar-refractivity contribution in [3.63, 3.8) is 0 Å². The number of methoxy groups -OCH3 is 1. The third kappa shape index (κ3) is 2.94. The van der Waals surface area contributed by atoms with Crippen molar-refractivity contribution in [1.82, 2.24) is 15.1 Å². The monoisotopic (exact) mass is 265 g/mol. The first-order chi connectivity index (χ1) is 8.98. The number of aromatic nitrogens is 2. The van der Waals surface area contributed by atoms with Crippen LogP contribution in [-0.4, -0.2) is 23.9 Å². The Kier molecular flexibility index (Phi) is 4.19. The molecule has 108 valence electrons. The Bertz CT molecular complexity index is 415. The van der Waals surface area contributed by atoms with Crippen LogP contribution in [-0.2, 0) is 7.05 Å². The molecule has 1 aliphatic carbocycles. The molecule has 1 N–H and O–H groups in total. The first kappa shape index (κ1) is 14.4. The zero-order chi connectivity index (χ0) is 14.0. The summed E-state index contributed by atoms with van der Waals surface area (Å²) in [6.07, 6.45) is 6.96. The van der Waals surface area contributed by atoms with E-state index in [0.717, 1.165) is 5.75 Å². The van der Waals surface area contributed by atoms with Gasteiger partial charge in [-0.15, -0.1) is 0 Å². The minimum Gasteiger partial charge on any atom is -0.493 e. The number of aryl methyl sites for hydroxylation is 1. The van der Waals surface area contributed by atoms with E-state index in [9.17, 15) is 0 Å². The predicted molar refractivity (Wildman–Crippen MR) is 77.3 cm³/mol. The molecule has 1 aromatic heterocycles. The van der Waals surface area contributed by atoms with E-state index in [1.807, 2.05) is 25.0 Å². The molecule has 1 unspecified atom stereocenters. The molecule has 19 heavy (non-hydrogen) atoms. The van der Waals surface area contributed by atoms with E-state index < -0.39 is 0 Å². The Morgan fingerprint density at radius 2 is 2.05 bits per heavy atom. The molecule has 4 nitrogen and oxygen atoms in total. The summed E-state index contributed by atoms with van der Waals surface area (Å²) in [6.45, 7) is 4.75. The summed E-state index contributed by atoms with van der Waals surface area (Å²) >= 11 is 0. The predicted octanol–water partition coefficient (Wildman–Crippen LogP) is 2.91. The lowest BCUT2D eigenvalue weighted by atomic mass is 9.70. The van der Waals surface area contributed by atoms with Gasteiger partial charge in [0.1, 0.15) is 0 Å². The molecule has 1 heterocycles. The topological polar surface area (TPSA) is 39.1 Å². The van der Waals surface area contributed by atoms with Gasteiger partial charge in [0, 0.05) is 7.05 Å². The summed E-state index contributed by atoms with van der Waals surface area (Å²) in [6, 6.07) is 0.332. The fourth-order valence-electron chi connectivity index (χ4n) is 3.29. The number of nitrogens with one attached hydrogen (secondary N) is 1. The maximum Gasteiger partial charge on any atom is 0.161 e. The van der Waals surface area contributed by atoms with E-state index >= 15 is 0 Å². The molecule has 0 amide bonds. The molecule has 0 spiro atoms. The molecule has 0 aromatic carbocycles. The average Bonchev–Trinajstić information content (AvgIpc) is 2.74. The smallest absolute Gasteiger partial charge is 0.161 e. The molecule has 1 aromatic rings. The summed E-state index contributed by atoms with van der Waals surface area (Å²) in [4.78, 5) is 0. The van der Waals surface area contributed by atoms with Crippen molar-refractivity contribution in [2.75, 3.05) is 14.2 Å². The van der Waals surface area contributed by atoms with Gasteiger partial charge in [-0.2, -0.15) is 5.10 Å². The van der Waals surface area contributed by atoms with Gasteiger partial charge >= 0.3 is 0 Å². The van der Waals surface area contributed by atoms with Gasteiger partial charge in [0.05, 0.1) is 25.0 Å². The molecule has 0 radical (unpaired) electrons. The molecule has 1 fully saturated rings. The number of nitrogens with zero attached hydrogens (tertiary/aromatic N) is 2. The molecule has 1 atom stereocenters. The summed E-state index contributed by atoms with van der Waals surface area (Å²) < 4.78 is 7.40. The van der Waals surface area contributed by atoms with Gasteiger partial charge < -0.3 is 10.1 Å². The lowest BCUT2D eigenvalue weighted by Crippen LogP contribution is -2.32. The Hall–Kier alpha value is -1.03. The van der Waals surface area contributed by atoms with Crippen LogP contribution >= 0.6 is 0 Å². The number of hydrogen-bond acceptors (Lipinski definition) is 3. The van der Waals surface area contributed by atoms with Gasteiger partial charge in [-0.3, -0.25) is 4.68 Å². The van der Waals surface area contributed by atoms with E-state index in [1.54, 1.807) is 7.11 Å². The van der Waals surface area contributed by atoms with Gasteiger partial charge in [0.15, 0.2) is 5.75 Å². The van der Waals surface area contributed by atoms with Crippen molar-refractivity contribution in [3.05, 3.63) is 11.9 Å². The van der Waals surface area contributed by atoms with Gasteiger partial charge in [-0.1, -0.05) is 13.8 Å². The van der Waals surface area contributed by atoms with Crippen LogP contribution in [0.3, 0.4) is 0 Å².